The van der Waals surface area contributed by atoms with Gasteiger partial charge in [0.1, 0.15) is 18.1 Å². The van der Waals surface area contributed by atoms with Crippen molar-refractivity contribution in [3.8, 4) is 0 Å². The van der Waals surface area contributed by atoms with Crippen molar-refractivity contribution in [3.63, 3.8) is 0 Å². The Kier molecular flexibility index (Phi) is 3.87. The second-order valence-corrected chi connectivity index (χ2v) is 5.56. The highest BCUT2D eigenvalue weighted by Gasteiger charge is 2.19. The normalized spacial score (nSPS) is 12.9. The first-order valence-corrected chi connectivity index (χ1v) is 7.42. The van der Waals surface area contributed by atoms with E-state index in [4.69, 9.17) is 9.15 Å². The fourth-order valence-electron chi connectivity index (χ4n) is 2.44. The topological polar surface area (TPSA) is 34.4 Å². The summed E-state index contributed by atoms with van der Waals surface area (Å²) in [7, 11) is 3.62. The van der Waals surface area contributed by atoms with E-state index in [2.05, 4.69) is 35.0 Å². The fraction of sp³-hybridized carbons (Fsp3) is 0.250. The van der Waals surface area contributed by atoms with Gasteiger partial charge in [-0.15, -0.1) is 11.3 Å². The Morgan fingerprint density at radius 1 is 1.25 bits per heavy atom. The maximum absolute atomic E-state index is 5.87. The number of nitrogens with one attached hydrogen (secondary N) is 1. The van der Waals surface area contributed by atoms with E-state index in [1.54, 1.807) is 18.4 Å². The van der Waals surface area contributed by atoms with Gasteiger partial charge in [0.15, 0.2) is 0 Å². The molecular weight excluding hydrogens is 270 g/mol. The minimum atomic E-state index is 0.0664. The van der Waals surface area contributed by atoms with Crippen LogP contribution in [-0.2, 0) is 11.3 Å². The largest absolute Gasteiger partial charge is 0.462 e. The number of methoxy groups -OCH3 is 1. The Morgan fingerprint density at radius 3 is 2.90 bits per heavy atom. The fourth-order valence-corrected chi connectivity index (χ4v) is 3.43. The van der Waals surface area contributed by atoms with Crippen molar-refractivity contribution >= 4 is 21.4 Å². The lowest BCUT2D eigenvalue weighted by Crippen LogP contribution is -2.16. The SMILES string of the molecule is CNC(c1ccc(COC)o1)c1csc2ccccc12. The summed E-state index contributed by atoms with van der Waals surface area (Å²) in [4.78, 5) is 0. The Morgan fingerprint density at radius 2 is 2.10 bits per heavy atom. The highest BCUT2D eigenvalue weighted by atomic mass is 32.1. The predicted molar refractivity (Wildman–Crippen MR) is 82.1 cm³/mol. The van der Waals surface area contributed by atoms with Crippen LogP contribution in [0.5, 0.6) is 0 Å². The molecule has 0 saturated carbocycles. The number of ether oxygens (including phenoxy) is 1. The van der Waals surface area contributed by atoms with Crippen molar-refractivity contribution in [2.24, 2.45) is 0 Å². The van der Waals surface area contributed by atoms with Gasteiger partial charge in [-0.25, -0.2) is 0 Å². The molecule has 3 rings (SSSR count). The van der Waals surface area contributed by atoms with Crippen LogP contribution >= 0.6 is 11.3 Å². The summed E-state index contributed by atoms with van der Waals surface area (Å²) < 4.78 is 12.3. The van der Waals surface area contributed by atoms with Crippen molar-refractivity contribution in [2.45, 2.75) is 12.6 Å². The molecule has 0 aliphatic rings. The van der Waals surface area contributed by atoms with Crippen molar-refractivity contribution < 1.29 is 9.15 Å². The Bertz CT molecular complexity index is 701. The van der Waals surface area contributed by atoms with Crippen LogP contribution in [0.4, 0.5) is 0 Å². The molecule has 0 spiro atoms. The minimum Gasteiger partial charge on any atom is -0.462 e. The Balaban J connectivity index is 2.00. The molecule has 0 aliphatic carbocycles. The molecule has 20 heavy (non-hydrogen) atoms. The van der Waals surface area contributed by atoms with E-state index in [9.17, 15) is 0 Å². The van der Waals surface area contributed by atoms with Crippen molar-refractivity contribution in [1.29, 1.82) is 0 Å². The number of hydrogen-bond donors (Lipinski definition) is 1. The second-order valence-electron chi connectivity index (χ2n) is 4.65. The third kappa shape index (κ3) is 2.38. The lowest BCUT2D eigenvalue weighted by molar-refractivity contribution is 0.162. The van der Waals surface area contributed by atoms with Gasteiger partial charge in [-0.3, -0.25) is 0 Å². The number of rotatable bonds is 5. The molecule has 3 nitrogen and oxygen atoms in total. The van der Waals surface area contributed by atoms with Crippen LogP contribution in [0.3, 0.4) is 0 Å². The molecule has 3 aromatic rings. The van der Waals surface area contributed by atoms with E-state index in [0.717, 1.165) is 11.5 Å². The lowest BCUT2D eigenvalue weighted by atomic mass is 10.0. The standard InChI is InChI=1S/C16H17NO2S/c1-17-16(14-8-7-11(19-14)9-18-2)13-10-20-15-6-4-3-5-12(13)15/h3-8,10,16-17H,9H2,1-2H3. The maximum atomic E-state index is 5.87. The average Bonchev–Trinajstić information content (AvgIpc) is 3.09. The van der Waals surface area contributed by atoms with Crippen LogP contribution in [0.15, 0.2) is 46.2 Å². The summed E-state index contributed by atoms with van der Waals surface area (Å²) in [6, 6.07) is 12.5. The van der Waals surface area contributed by atoms with Gasteiger partial charge in [0.05, 0.1) is 6.04 Å². The molecular formula is C16H17NO2S. The molecule has 104 valence electrons. The summed E-state index contributed by atoms with van der Waals surface area (Å²) in [5.41, 5.74) is 1.26. The van der Waals surface area contributed by atoms with Crippen LogP contribution in [0.25, 0.3) is 10.1 Å². The van der Waals surface area contributed by atoms with E-state index in [-0.39, 0.29) is 6.04 Å². The quantitative estimate of drug-likeness (QED) is 0.771. The molecule has 0 fully saturated rings. The third-order valence-electron chi connectivity index (χ3n) is 3.36. The number of furan rings is 1. The van der Waals surface area contributed by atoms with Crippen LogP contribution in [0.2, 0.25) is 0 Å². The summed E-state index contributed by atoms with van der Waals surface area (Å²) in [6.07, 6.45) is 0. The van der Waals surface area contributed by atoms with Gasteiger partial charge in [-0.1, -0.05) is 18.2 Å². The maximum Gasteiger partial charge on any atom is 0.129 e. The van der Waals surface area contributed by atoms with Crippen LogP contribution in [0, 0.1) is 0 Å². The molecule has 0 saturated heterocycles. The zero-order chi connectivity index (χ0) is 13.9. The number of thiophene rings is 1. The zero-order valence-electron chi connectivity index (χ0n) is 11.6. The minimum absolute atomic E-state index is 0.0664. The van der Waals surface area contributed by atoms with E-state index in [1.807, 2.05) is 19.2 Å². The van der Waals surface area contributed by atoms with Gasteiger partial charge in [0.25, 0.3) is 0 Å². The molecule has 1 atom stereocenters. The zero-order valence-corrected chi connectivity index (χ0v) is 12.4. The van der Waals surface area contributed by atoms with Crippen molar-refractivity contribution in [1.82, 2.24) is 5.32 Å². The number of hydrogen-bond acceptors (Lipinski definition) is 4. The van der Waals surface area contributed by atoms with Gasteiger partial charge >= 0.3 is 0 Å². The molecule has 0 amide bonds. The molecule has 2 aromatic heterocycles. The number of benzene rings is 1. The van der Waals surface area contributed by atoms with Crippen molar-refractivity contribution in [3.05, 3.63) is 58.9 Å². The highest BCUT2D eigenvalue weighted by molar-refractivity contribution is 7.17. The molecule has 0 aliphatic heterocycles. The first-order chi connectivity index (χ1) is 9.83. The summed E-state index contributed by atoms with van der Waals surface area (Å²) in [5, 5.41) is 6.82. The van der Waals surface area contributed by atoms with Gasteiger partial charge in [-0.05, 0) is 41.6 Å². The predicted octanol–water partition coefficient (Wildman–Crippen LogP) is 3.95. The van der Waals surface area contributed by atoms with E-state index >= 15 is 0 Å². The Labute approximate surface area is 122 Å². The first-order valence-electron chi connectivity index (χ1n) is 6.54. The monoisotopic (exact) mass is 287 g/mol. The second kappa shape index (κ2) is 5.79. The van der Waals surface area contributed by atoms with Gasteiger partial charge in [0.2, 0.25) is 0 Å². The van der Waals surface area contributed by atoms with Crippen LogP contribution in [0.1, 0.15) is 23.1 Å². The first kappa shape index (κ1) is 13.4. The van der Waals surface area contributed by atoms with Crippen LogP contribution in [-0.4, -0.2) is 14.2 Å². The summed E-state index contributed by atoms with van der Waals surface area (Å²) in [5.74, 6) is 1.77. The molecule has 0 bridgehead atoms. The van der Waals surface area contributed by atoms with Gasteiger partial charge in [0, 0.05) is 11.8 Å². The Hall–Kier alpha value is -1.62. The van der Waals surface area contributed by atoms with E-state index in [1.165, 1.54) is 15.6 Å². The van der Waals surface area contributed by atoms with E-state index < -0.39 is 0 Å². The molecule has 4 heteroatoms. The summed E-state index contributed by atoms with van der Waals surface area (Å²) >= 11 is 1.76. The molecule has 0 radical (unpaired) electrons. The molecule has 1 aromatic carbocycles. The van der Waals surface area contributed by atoms with Crippen molar-refractivity contribution in [2.75, 3.05) is 14.2 Å². The molecule has 2 heterocycles. The lowest BCUT2D eigenvalue weighted by Gasteiger charge is -2.13. The van der Waals surface area contributed by atoms with Gasteiger partial charge < -0.3 is 14.5 Å². The average molecular weight is 287 g/mol. The van der Waals surface area contributed by atoms with E-state index in [0.29, 0.717) is 6.61 Å². The highest BCUT2D eigenvalue weighted by Crippen LogP contribution is 2.33. The van der Waals surface area contributed by atoms with Gasteiger partial charge in [-0.2, -0.15) is 0 Å². The molecule has 1 N–H and O–H groups in total. The van der Waals surface area contributed by atoms with Crippen LogP contribution < -0.4 is 5.32 Å². The number of fused-ring (bicyclic) bond motifs is 1. The smallest absolute Gasteiger partial charge is 0.129 e. The molecule has 1 unspecified atom stereocenters. The summed E-state index contributed by atoms with van der Waals surface area (Å²) in [6.45, 7) is 0.501. The third-order valence-corrected chi connectivity index (χ3v) is 4.35.